The highest BCUT2D eigenvalue weighted by molar-refractivity contribution is 6.01. The molecule has 0 aliphatic heterocycles. The summed E-state index contributed by atoms with van der Waals surface area (Å²) in [6, 6.07) is 0. The topological polar surface area (TPSA) is 94.8 Å². The number of Topliss-reactive ketones (excluding diaryl/α,β-unsaturated/α-hetero) is 1. The molecule has 33 heavy (non-hydrogen) atoms. The van der Waals surface area contributed by atoms with Gasteiger partial charge in [0.25, 0.3) is 0 Å². The van der Waals surface area contributed by atoms with E-state index in [1.807, 2.05) is 13.0 Å². The molecular formula is C28H42O5. The summed E-state index contributed by atoms with van der Waals surface area (Å²) >= 11 is 0. The van der Waals surface area contributed by atoms with E-state index >= 15 is 0 Å². The standard InChI is InChI=1S/C21H28O5.C7H14/c1-19-7-5-13(23)9-12(19)3-4-14-15-6-8-21(26,17(25)11-22)20(15,2)10-16(24)18(14)19;1-7-5-3-2-4-6-7/h5,7,9,14-16,18,22,24,26H,3-4,6,8,10-11H2,1-2H3;7H,2-6H2,1H3/t14?,15?,16?,18?,19?,20?,21-;/m0./s1. The Kier molecular flexibility index (Phi) is 6.81. The summed E-state index contributed by atoms with van der Waals surface area (Å²) in [5.74, 6) is 0.809. The molecule has 4 fully saturated rings. The minimum atomic E-state index is -1.56. The van der Waals surface area contributed by atoms with Crippen molar-refractivity contribution >= 4 is 11.6 Å². The van der Waals surface area contributed by atoms with Gasteiger partial charge in [-0.1, -0.05) is 64.5 Å². The van der Waals surface area contributed by atoms with Gasteiger partial charge in [-0.3, -0.25) is 9.59 Å². The molecular weight excluding hydrogens is 416 g/mol. The number of fused-ring (bicyclic) bond motifs is 5. The zero-order valence-corrected chi connectivity index (χ0v) is 20.6. The van der Waals surface area contributed by atoms with Gasteiger partial charge < -0.3 is 15.3 Å². The smallest absolute Gasteiger partial charge is 0.190 e. The third kappa shape index (κ3) is 3.98. The molecule has 0 bridgehead atoms. The molecule has 5 heteroatoms. The molecule has 0 radical (unpaired) electrons. The zero-order valence-electron chi connectivity index (χ0n) is 20.6. The Morgan fingerprint density at radius 2 is 1.82 bits per heavy atom. The van der Waals surface area contributed by atoms with E-state index in [1.54, 1.807) is 12.2 Å². The van der Waals surface area contributed by atoms with Crippen LogP contribution in [0.5, 0.6) is 0 Å². The number of carbonyl (C=O) groups is 2. The van der Waals surface area contributed by atoms with Crippen molar-refractivity contribution < 1.29 is 24.9 Å². The largest absolute Gasteiger partial charge is 0.393 e. The summed E-state index contributed by atoms with van der Waals surface area (Å²) in [6.45, 7) is 5.70. The molecule has 3 N–H and O–H groups in total. The van der Waals surface area contributed by atoms with Crippen LogP contribution in [-0.4, -0.2) is 45.2 Å². The van der Waals surface area contributed by atoms with Crippen molar-refractivity contribution in [2.24, 2.45) is 34.5 Å². The van der Waals surface area contributed by atoms with Crippen LogP contribution in [0, 0.1) is 34.5 Å². The molecule has 0 aromatic carbocycles. The summed E-state index contributed by atoms with van der Waals surface area (Å²) < 4.78 is 0. The van der Waals surface area contributed by atoms with Gasteiger partial charge >= 0.3 is 0 Å². The van der Waals surface area contributed by atoms with Crippen LogP contribution in [0.15, 0.2) is 23.8 Å². The van der Waals surface area contributed by atoms with Crippen LogP contribution in [-0.2, 0) is 9.59 Å². The Morgan fingerprint density at radius 3 is 2.42 bits per heavy atom. The van der Waals surface area contributed by atoms with Gasteiger partial charge in [-0.05, 0) is 62.0 Å². The summed E-state index contributed by atoms with van der Waals surface area (Å²) in [7, 11) is 0. The Labute approximate surface area is 198 Å². The highest BCUT2D eigenvalue weighted by atomic mass is 16.3. The normalized spacial score (nSPS) is 44.7. The molecule has 5 aliphatic rings. The Morgan fingerprint density at radius 1 is 1.12 bits per heavy atom. The van der Waals surface area contributed by atoms with Gasteiger partial charge in [0.1, 0.15) is 12.2 Å². The highest BCUT2D eigenvalue weighted by Gasteiger charge is 2.67. The van der Waals surface area contributed by atoms with Gasteiger partial charge in [0.2, 0.25) is 0 Å². The molecule has 5 nitrogen and oxygen atoms in total. The second-order valence-corrected chi connectivity index (χ2v) is 11.9. The van der Waals surface area contributed by atoms with E-state index in [9.17, 15) is 24.9 Å². The number of aliphatic hydroxyl groups excluding tert-OH is 2. The summed E-state index contributed by atoms with van der Waals surface area (Å²) in [4.78, 5) is 24.2. The van der Waals surface area contributed by atoms with Crippen LogP contribution in [0.3, 0.4) is 0 Å². The lowest BCUT2D eigenvalue weighted by Gasteiger charge is -2.59. The van der Waals surface area contributed by atoms with E-state index in [0.29, 0.717) is 12.8 Å². The van der Waals surface area contributed by atoms with E-state index in [4.69, 9.17) is 0 Å². The van der Waals surface area contributed by atoms with Crippen molar-refractivity contribution in [2.75, 3.05) is 6.61 Å². The van der Waals surface area contributed by atoms with Crippen LogP contribution in [0.1, 0.15) is 85.0 Å². The van der Waals surface area contributed by atoms with Crippen molar-refractivity contribution in [3.05, 3.63) is 23.8 Å². The average molecular weight is 459 g/mol. The molecule has 0 amide bonds. The monoisotopic (exact) mass is 458 g/mol. The molecule has 0 aromatic heterocycles. The lowest BCUT2D eigenvalue weighted by molar-refractivity contribution is -0.178. The van der Waals surface area contributed by atoms with Crippen LogP contribution < -0.4 is 0 Å². The maximum Gasteiger partial charge on any atom is 0.190 e. The lowest BCUT2D eigenvalue weighted by Crippen LogP contribution is -2.61. The molecule has 0 saturated heterocycles. The Hall–Kier alpha value is -1.30. The van der Waals surface area contributed by atoms with Crippen molar-refractivity contribution in [1.82, 2.24) is 0 Å². The second-order valence-electron chi connectivity index (χ2n) is 11.9. The van der Waals surface area contributed by atoms with Gasteiger partial charge in [-0.15, -0.1) is 0 Å². The maximum atomic E-state index is 12.4. The first kappa shape index (κ1) is 24.8. The second kappa shape index (κ2) is 9.05. The summed E-state index contributed by atoms with van der Waals surface area (Å²) in [6.07, 6.45) is 15.1. The quantitative estimate of drug-likeness (QED) is 0.578. The van der Waals surface area contributed by atoms with E-state index in [1.165, 1.54) is 32.1 Å². The number of hydrogen-bond donors (Lipinski definition) is 3. The number of hydrogen-bond acceptors (Lipinski definition) is 5. The van der Waals surface area contributed by atoms with Gasteiger partial charge in [-0.2, -0.15) is 0 Å². The molecule has 0 aromatic rings. The van der Waals surface area contributed by atoms with Crippen molar-refractivity contribution in [3.63, 3.8) is 0 Å². The third-order valence-corrected chi connectivity index (χ3v) is 10.1. The number of ketones is 2. The fourth-order valence-corrected chi connectivity index (χ4v) is 8.23. The number of aliphatic hydroxyl groups is 3. The minimum Gasteiger partial charge on any atom is -0.393 e. The summed E-state index contributed by atoms with van der Waals surface area (Å²) in [5.41, 5.74) is -1.54. The van der Waals surface area contributed by atoms with Crippen LogP contribution in [0.25, 0.3) is 0 Å². The van der Waals surface area contributed by atoms with Gasteiger partial charge in [0, 0.05) is 16.7 Å². The molecule has 184 valence electrons. The number of carbonyl (C=O) groups excluding carboxylic acids is 2. The first-order valence-corrected chi connectivity index (χ1v) is 13.1. The molecule has 4 saturated carbocycles. The molecule has 0 heterocycles. The van der Waals surface area contributed by atoms with Crippen molar-refractivity contribution in [2.45, 2.75) is 96.7 Å². The minimum absolute atomic E-state index is 0.00912. The first-order chi connectivity index (χ1) is 15.6. The van der Waals surface area contributed by atoms with Gasteiger partial charge in [-0.25, -0.2) is 0 Å². The number of rotatable bonds is 2. The highest BCUT2D eigenvalue weighted by Crippen LogP contribution is 2.67. The van der Waals surface area contributed by atoms with Crippen LogP contribution in [0.4, 0.5) is 0 Å². The van der Waals surface area contributed by atoms with Crippen molar-refractivity contribution in [1.29, 1.82) is 0 Å². The SMILES string of the molecule is CC12C=CC(=O)C=C1CCC1C2C(O)CC2(C)C1CC[C@]2(O)C(=O)CO.CC1CCCCC1. The summed E-state index contributed by atoms with van der Waals surface area (Å²) in [5, 5.41) is 31.7. The molecule has 5 rings (SSSR count). The fourth-order valence-electron chi connectivity index (χ4n) is 8.23. The first-order valence-electron chi connectivity index (χ1n) is 13.1. The van der Waals surface area contributed by atoms with E-state index in [0.717, 1.165) is 30.8 Å². The lowest BCUT2D eigenvalue weighted by atomic mass is 9.46. The molecule has 0 spiro atoms. The van der Waals surface area contributed by atoms with E-state index in [2.05, 4.69) is 13.8 Å². The van der Waals surface area contributed by atoms with Gasteiger partial charge in [0.15, 0.2) is 11.6 Å². The molecule has 6 unspecified atom stereocenters. The average Bonchev–Trinajstić information content (AvgIpc) is 3.05. The maximum absolute atomic E-state index is 12.4. The third-order valence-electron chi connectivity index (χ3n) is 10.1. The van der Waals surface area contributed by atoms with Crippen LogP contribution in [0.2, 0.25) is 0 Å². The van der Waals surface area contributed by atoms with E-state index < -0.39 is 29.5 Å². The Balaban J connectivity index is 0.000000318. The predicted molar refractivity (Wildman–Crippen MR) is 127 cm³/mol. The fraction of sp³-hybridized carbons (Fsp3) is 0.786. The zero-order chi connectivity index (χ0) is 24.0. The van der Waals surface area contributed by atoms with Gasteiger partial charge in [0.05, 0.1) is 6.10 Å². The number of allylic oxidation sites excluding steroid dienone is 4. The Bertz CT molecular complexity index is 839. The van der Waals surface area contributed by atoms with Crippen molar-refractivity contribution in [3.8, 4) is 0 Å². The van der Waals surface area contributed by atoms with E-state index in [-0.39, 0.29) is 29.0 Å². The van der Waals surface area contributed by atoms with Crippen LogP contribution >= 0.6 is 0 Å². The molecule has 7 atom stereocenters. The predicted octanol–water partition coefficient (Wildman–Crippen LogP) is 4.14. The molecule has 5 aliphatic carbocycles.